The van der Waals surface area contributed by atoms with Gasteiger partial charge in [0.15, 0.2) is 0 Å². The predicted molar refractivity (Wildman–Crippen MR) is 147 cm³/mol. The minimum atomic E-state index is -1.51. The Morgan fingerprint density at radius 2 is 1.54 bits per heavy atom. The van der Waals surface area contributed by atoms with Crippen LogP contribution >= 0.6 is 0 Å². The topological polar surface area (TPSA) is 122 Å². The van der Waals surface area contributed by atoms with Crippen molar-refractivity contribution in [3.8, 4) is 11.4 Å². The molecule has 1 aliphatic rings. The summed E-state index contributed by atoms with van der Waals surface area (Å²) in [6.07, 6.45) is 2.80. The van der Waals surface area contributed by atoms with Crippen molar-refractivity contribution < 1.29 is 24.3 Å². The number of rotatable bonds is 5. The number of likely N-dealkylation sites (tertiary alicyclic amines) is 1. The van der Waals surface area contributed by atoms with Crippen molar-refractivity contribution in [1.82, 2.24) is 20.0 Å². The Morgan fingerprint density at radius 3 is 2.05 bits per heavy atom. The molecule has 1 aromatic carbocycles. The van der Waals surface area contributed by atoms with Crippen molar-refractivity contribution in [3.63, 3.8) is 0 Å². The number of benzene rings is 1. The highest BCUT2D eigenvalue weighted by molar-refractivity contribution is 5.70. The summed E-state index contributed by atoms with van der Waals surface area (Å²) < 4.78 is 10.8. The van der Waals surface area contributed by atoms with E-state index in [9.17, 15) is 15.0 Å². The van der Waals surface area contributed by atoms with Gasteiger partial charge in [-0.3, -0.25) is 4.98 Å². The number of aromatic nitrogens is 3. The van der Waals surface area contributed by atoms with Gasteiger partial charge >= 0.3 is 6.09 Å². The lowest BCUT2D eigenvalue weighted by Gasteiger charge is -2.56. The minimum Gasteiger partial charge on any atom is -0.444 e. The summed E-state index contributed by atoms with van der Waals surface area (Å²) in [5.74, 6) is 0.330. The molecule has 9 nitrogen and oxygen atoms in total. The third kappa shape index (κ3) is 5.56. The highest BCUT2D eigenvalue weighted by atomic mass is 16.6. The van der Waals surface area contributed by atoms with Gasteiger partial charge in [0, 0.05) is 42.0 Å². The van der Waals surface area contributed by atoms with E-state index < -0.39 is 28.3 Å². The van der Waals surface area contributed by atoms with Crippen LogP contribution in [0.1, 0.15) is 84.9 Å². The van der Waals surface area contributed by atoms with Crippen molar-refractivity contribution in [2.75, 3.05) is 13.1 Å². The molecule has 2 aromatic heterocycles. The summed E-state index contributed by atoms with van der Waals surface area (Å²) in [4.78, 5) is 23.1. The number of aliphatic hydroxyl groups is 2. The molecule has 0 saturated carbocycles. The first-order valence-corrected chi connectivity index (χ1v) is 13.2. The van der Waals surface area contributed by atoms with E-state index in [0.717, 1.165) is 5.56 Å². The quantitative estimate of drug-likeness (QED) is 0.459. The molecule has 210 valence electrons. The Kier molecular flexibility index (Phi) is 6.93. The molecule has 0 bridgehead atoms. The number of hydrogen-bond donors (Lipinski definition) is 2. The van der Waals surface area contributed by atoms with Gasteiger partial charge in [0.2, 0.25) is 5.82 Å². The fourth-order valence-corrected chi connectivity index (χ4v) is 4.90. The third-order valence-electron chi connectivity index (χ3n) is 7.14. The Balaban J connectivity index is 1.77. The van der Waals surface area contributed by atoms with E-state index in [1.54, 1.807) is 37.2 Å². The average Bonchev–Trinajstić information content (AvgIpc) is 3.31. The average molecular weight is 537 g/mol. The normalized spacial score (nSPS) is 17.4. The fourth-order valence-electron chi connectivity index (χ4n) is 4.90. The van der Waals surface area contributed by atoms with Gasteiger partial charge in [-0.05, 0) is 57.2 Å². The van der Waals surface area contributed by atoms with Crippen LogP contribution in [0.25, 0.3) is 11.4 Å². The second-order valence-electron chi connectivity index (χ2n) is 13.4. The van der Waals surface area contributed by atoms with Crippen molar-refractivity contribution in [3.05, 3.63) is 65.3 Å². The van der Waals surface area contributed by atoms with E-state index in [2.05, 4.69) is 35.9 Å². The van der Waals surface area contributed by atoms with Gasteiger partial charge in [-0.25, -0.2) is 4.79 Å². The number of carbonyl (C=O) groups excluding carboxylic acids is 1. The lowest BCUT2D eigenvalue weighted by molar-refractivity contribution is -0.131. The molecule has 1 saturated heterocycles. The Hall–Kier alpha value is -3.30. The molecule has 1 atom stereocenters. The molecular formula is C30H40N4O5. The smallest absolute Gasteiger partial charge is 0.410 e. The SMILES string of the molecule is CC(C)(C)OC(=O)N1CC(C)(C(O)(c2ccc(C(C)(C)C)cc2)c2cncc(-c3noc(C(C)(C)O)n3)c2)C1. The highest BCUT2D eigenvalue weighted by Crippen LogP contribution is 2.51. The second-order valence-corrected chi connectivity index (χ2v) is 13.4. The number of amides is 1. The van der Waals surface area contributed by atoms with E-state index >= 15 is 0 Å². The first-order valence-electron chi connectivity index (χ1n) is 13.2. The number of carbonyl (C=O) groups is 1. The molecule has 1 unspecified atom stereocenters. The molecule has 4 rings (SSSR count). The summed E-state index contributed by atoms with van der Waals surface area (Å²) in [6, 6.07) is 9.72. The monoisotopic (exact) mass is 536 g/mol. The van der Waals surface area contributed by atoms with Gasteiger partial charge in [-0.1, -0.05) is 57.1 Å². The number of ether oxygens (including phenoxy) is 1. The van der Waals surface area contributed by atoms with Gasteiger partial charge in [0.1, 0.15) is 16.8 Å². The van der Waals surface area contributed by atoms with Crippen LogP contribution in [-0.4, -0.2) is 55.0 Å². The number of pyridine rings is 1. The van der Waals surface area contributed by atoms with Crippen LogP contribution in [0.3, 0.4) is 0 Å². The maximum absolute atomic E-state index is 12.8. The van der Waals surface area contributed by atoms with Crippen LogP contribution < -0.4 is 0 Å². The van der Waals surface area contributed by atoms with E-state index in [-0.39, 0.29) is 30.2 Å². The molecule has 3 aromatic rings. The van der Waals surface area contributed by atoms with Crippen LogP contribution in [0.5, 0.6) is 0 Å². The molecule has 1 aliphatic heterocycles. The second kappa shape index (κ2) is 9.41. The Morgan fingerprint density at radius 1 is 0.949 bits per heavy atom. The van der Waals surface area contributed by atoms with Crippen molar-refractivity contribution in [2.24, 2.45) is 5.41 Å². The maximum Gasteiger partial charge on any atom is 0.410 e. The van der Waals surface area contributed by atoms with Gasteiger partial charge in [0.25, 0.3) is 5.89 Å². The van der Waals surface area contributed by atoms with Crippen molar-refractivity contribution in [1.29, 1.82) is 0 Å². The van der Waals surface area contributed by atoms with Crippen LogP contribution in [0.2, 0.25) is 0 Å². The van der Waals surface area contributed by atoms with E-state index in [0.29, 0.717) is 16.7 Å². The summed E-state index contributed by atoms with van der Waals surface area (Å²) in [6.45, 7) is 17.6. The zero-order valence-corrected chi connectivity index (χ0v) is 24.4. The number of nitrogens with zero attached hydrogens (tertiary/aromatic N) is 4. The van der Waals surface area contributed by atoms with Crippen molar-refractivity contribution in [2.45, 2.75) is 84.5 Å². The van der Waals surface area contributed by atoms with Gasteiger partial charge in [0.05, 0.1) is 0 Å². The molecular weight excluding hydrogens is 496 g/mol. The van der Waals surface area contributed by atoms with Crippen LogP contribution in [-0.2, 0) is 21.4 Å². The van der Waals surface area contributed by atoms with Crippen LogP contribution in [0, 0.1) is 5.41 Å². The molecule has 1 amide bonds. The Labute approximate surface area is 230 Å². The molecule has 0 radical (unpaired) electrons. The first kappa shape index (κ1) is 28.7. The predicted octanol–water partition coefficient (Wildman–Crippen LogP) is 5.15. The van der Waals surface area contributed by atoms with Gasteiger partial charge in [-0.2, -0.15) is 4.98 Å². The molecule has 2 N–H and O–H groups in total. The molecule has 3 heterocycles. The van der Waals surface area contributed by atoms with Gasteiger partial charge < -0.3 is 24.4 Å². The van der Waals surface area contributed by atoms with E-state index in [1.165, 1.54) is 0 Å². The summed E-state index contributed by atoms with van der Waals surface area (Å²) in [5.41, 5.74) is -1.33. The maximum atomic E-state index is 12.8. The van der Waals surface area contributed by atoms with Gasteiger partial charge in [-0.15, -0.1) is 0 Å². The summed E-state index contributed by atoms with van der Waals surface area (Å²) in [7, 11) is 0. The third-order valence-corrected chi connectivity index (χ3v) is 7.14. The fraction of sp³-hybridized carbons (Fsp3) is 0.533. The van der Waals surface area contributed by atoms with E-state index in [1.807, 2.05) is 52.0 Å². The van der Waals surface area contributed by atoms with Crippen LogP contribution in [0.15, 0.2) is 47.2 Å². The molecule has 9 heteroatoms. The zero-order chi connectivity index (χ0) is 29.0. The highest BCUT2D eigenvalue weighted by Gasteiger charge is 2.58. The standard InChI is InChI=1S/C30H40N4O5/c1-26(2,3)20-10-12-21(13-11-20)30(37,29(9)17-34(18-29)25(35)38-27(4,5)6)22-14-19(15-31-16-22)23-32-24(39-33-23)28(7,8)36/h10-16,36-37H,17-18H2,1-9H3. The summed E-state index contributed by atoms with van der Waals surface area (Å²) >= 11 is 0. The molecule has 39 heavy (non-hydrogen) atoms. The molecule has 1 fully saturated rings. The lowest BCUT2D eigenvalue weighted by atomic mass is 9.62. The molecule has 0 aliphatic carbocycles. The summed E-state index contributed by atoms with van der Waals surface area (Å²) in [5, 5.41) is 26.9. The van der Waals surface area contributed by atoms with Crippen molar-refractivity contribution >= 4 is 6.09 Å². The minimum absolute atomic E-state index is 0.0528. The largest absolute Gasteiger partial charge is 0.444 e. The molecule has 0 spiro atoms. The van der Waals surface area contributed by atoms with Crippen LogP contribution in [0.4, 0.5) is 4.79 Å². The zero-order valence-electron chi connectivity index (χ0n) is 24.4. The van der Waals surface area contributed by atoms with E-state index in [4.69, 9.17) is 9.26 Å². The number of hydrogen-bond acceptors (Lipinski definition) is 8. The Bertz CT molecular complexity index is 1340. The first-order chi connectivity index (χ1) is 17.8. The lowest BCUT2D eigenvalue weighted by Crippen LogP contribution is -2.66.